The van der Waals surface area contributed by atoms with E-state index >= 15 is 0 Å². The second-order valence-electron chi connectivity index (χ2n) is 8.19. The van der Waals surface area contributed by atoms with Crippen LogP contribution in [0.2, 0.25) is 0 Å². The van der Waals surface area contributed by atoms with Crippen LogP contribution in [0.15, 0.2) is 9.79 Å². The molecule has 0 saturated carbocycles. The van der Waals surface area contributed by atoms with Crippen LogP contribution in [0.4, 0.5) is 17.6 Å². The third-order valence-corrected chi connectivity index (χ3v) is 8.07. The molecular formula is C22H33F4O5S2-. The minimum Gasteiger partial charge on any atom is -0.691 e. The monoisotopic (exact) mass is 517 g/mol. The van der Waals surface area contributed by atoms with Gasteiger partial charge in [-0.15, -0.1) is 0 Å². The van der Waals surface area contributed by atoms with Crippen molar-refractivity contribution in [3.05, 3.63) is 23.3 Å². The highest BCUT2D eigenvalue weighted by Gasteiger charge is 2.35. The Balaban J connectivity index is 3.04. The van der Waals surface area contributed by atoms with Crippen LogP contribution in [0.25, 0.3) is 0 Å². The van der Waals surface area contributed by atoms with E-state index in [-0.39, 0.29) is 18.0 Å². The zero-order valence-electron chi connectivity index (χ0n) is 19.1. The second-order valence-corrected chi connectivity index (χ2v) is 10.9. The standard InChI is InChI=1S/C22H34F4O5S2/c1-3-5-7-9-10-12-14-16(13-11-8-6-4-2)15-33(28,29)22-19(25)17(23)21(32-31-30-27)18(24)20(22)26/h16,27H,3-15H2,1-2H3/p-1. The van der Waals surface area contributed by atoms with Crippen molar-refractivity contribution in [1.29, 1.82) is 0 Å². The first kappa shape index (κ1) is 30.2. The Morgan fingerprint density at radius 2 is 1.24 bits per heavy atom. The average molecular weight is 518 g/mol. The van der Waals surface area contributed by atoms with Gasteiger partial charge in [0.1, 0.15) is 9.79 Å². The maximum absolute atomic E-state index is 14.5. The predicted octanol–water partition coefficient (Wildman–Crippen LogP) is 6.58. The highest BCUT2D eigenvalue weighted by Crippen LogP contribution is 2.35. The molecule has 0 amide bonds. The molecule has 0 aromatic heterocycles. The summed E-state index contributed by atoms with van der Waals surface area (Å²) in [6.45, 7) is 4.15. The Morgan fingerprint density at radius 1 is 0.788 bits per heavy atom. The van der Waals surface area contributed by atoms with Crippen LogP contribution in [-0.4, -0.2) is 14.2 Å². The zero-order chi connectivity index (χ0) is 24.9. The lowest BCUT2D eigenvalue weighted by Crippen LogP contribution is -2.21. The van der Waals surface area contributed by atoms with Crippen molar-refractivity contribution in [2.45, 2.75) is 101 Å². The van der Waals surface area contributed by atoms with Crippen LogP contribution < -0.4 is 5.26 Å². The lowest BCUT2D eigenvalue weighted by Gasteiger charge is -2.18. The van der Waals surface area contributed by atoms with E-state index in [2.05, 4.69) is 16.3 Å². The molecule has 0 spiro atoms. The number of benzene rings is 1. The number of sulfone groups is 1. The van der Waals surface area contributed by atoms with Gasteiger partial charge in [0.15, 0.2) is 33.1 Å². The third-order valence-electron chi connectivity index (χ3n) is 5.53. The predicted molar refractivity (Wildman–Crippen MR) is 117 cm³/mol. The summed E-state index contributed by atoms with van der Waals surface area (Å²) in [6.07, 6.45) is 10.8. The van der Waals surface area contributed by atoms with Gasteiger partial charge in [-0.3, -0.25) is 5.04 Å². The van der Waals surface area contributed by atoms with Crippen molar-refractivity contribution in [3.63, 3.8) is 0 Å². The average Bonchev–Trinajstić information content (AvgIpc) is 2.77. The molecule has 1 aromatic carbocycles. The molecule has 0 bridgehead atoms. The SMILES string of the molecule is CCCCCCCCC(CCCCCC)CS(=O)(=O)c1c(F)c(F)c(SOO[O-])c(F)c1F. The van der Waals surface area contributed by atoms with Gasteiger partial charge >= 0.3 is 0 Å². The lowest BCUT2D eigenvalue weighted by molar-refractivity contribution is -0.777. The fraction of sp³-hybridized carbons (Fsp3) is 0.727. The quantitative estimate of drug-likeness (QED) is 0.0546. The first-order chi connectivity index (χ1) is 15.7. The summed E-state index contributed by atoms with van der Waals surface area (Å²) < 4.78 is 86.9. The summed E-state index contributed by atoms with van der Waals surface area (Å²) in [7, 11) is -4.67. The van der Waals surface area contributed by atoms with Crippen LogP contribution in [0.3, 0.4) is 0 Å². The number of unbranched alkanes of at least 4 members (excludes halogenated alkanes) is 8. The van der Waals surface area contributed by atoms with Gasteiger partial charge in [0.05, 0.1) is 17.8 Å². The summed E-state index contributed by atoms with van der Waals surface area (Å²) in [4.78, 5) is -2.98. The molecule has 5 nitrogen and oxygen atoms in total. The normalized spacial score (nSPS) is 12.9. The van der Waals surface area contributed by atoms with Gasteiger partial charge in [-0.25, -0.2) is 26.0 Å². The van der Waals surface area contributed by atoms with Crippen molar-refractivity contribution in [2.75, 3.05) is 5.75 Å². The van der Waals surface area contributed by atoms with Gasteiger partial charge in [0.25, 0.3) is 0 Å². The molecule has 1 aromatic rings. The van der Waals surface area contributed by atoms with Crippen molar-refractivity contribution in [2.24, 2.45) is 5.92 Å². The molecule has 1 atom stereocenters. The molecule has 0 aliphatic rings. The fourth-order valence-corrected chi connectivity index (χ4v) is 6.03. The molecule has 33 heavy (non-hydrogen) atoms. The molecule has 11 heteroatoms. The van der Waals surface area contributed by atoms with Gasteiger partial charge in [-0.2, -0.15) is 4.33 Å². The molecule has 1 rings (SSSR count). The van der Waals surface area contributed by atoms with Crippen LogP contribution >= 0.6 is 12.0 Å². The topological polar surface area (TPSA) is 75.7 Å². The van der Waals surface area contributed by atoms with Crippen LogP contribution in [0, 0.1) is 29.2 Å². The van der Waals surface area contributed by atoms with Gasteiger partial charge in [-0.05, 0) is 18.8 Å². The van der Waals surface area contributed by atoms with E-state index in [1.807, 2.05) is 6.92 Å². The van der Waals surface area contributed by atoms with Crippen LogP contribution in [0.5, 0.6) is 0 Å². The van der Waals surface area contributed by atoms with Gasteiger partial charge in [0.2, 0.25) is 0 Å². The Hall–Kier alpha value is -0.880. The smallest absolute Gasteiger partial charge is 0.184 e. The van der Waals surface area contributed by atoms with E-state index in [9.17, 15) is 31.2 Å². The molecule has 1 unspecified atom stereocenters. The van der Waals surface area contributed by atoms with Crippen molar-refractivity contribution >= 4 is 21.9 Å². The highest BCUT2D eigenvalue weighted by molar-refractivity contribution is 7.94. The Kier molecular flexibility index (Phi) is 14.5. The molecule has 0 fully saturated rings. The maximum Gasteiger partial charge on any atom is 0.184 e. The molecule has 192 valence electrons. The van der Waals surface area contributed by atoms with E-state index in [0.717, 1.165) is 64.2 Å². The van der Waals surface area contributed by atoms with E-state index in [1.54, 1.807) is 0 Å². The number of hydrogen-bond acceptors (Lipinski definition) is 6. The largest absolute Gasteiger partial charge is 0.691 e. The minimum atomic E-state index is -4.67. The Bertz CT molecular complexity index is 792. The molecule has 0 radical (unpaired) electrons. The summed E-state index contributed by atoms with van der Waals surface area (Å²) in [5.74, 6) is -9.01. The van der Waals surface area contributed by atoms with Crippen molar-refractivity contribution in [1.82, 2.24) is 0 Å². The number of halogens is 4. The molecule has 0 saturated heterocycles. The van der Waals surface area contributed by atoms with Crippen molar-refractivity contribution < 1.29 is 40.6 Å². The number of hydrogen-bond donors (Lipinski definition) is 0. The number of rotatable bonds is 18. The molecule has 0 heterocycles. The molecular weight excluding hydrogens is 484 g/mol. The summed E-state index contributed by atoms with van der Waals surface area (Å²) in [5.41, 5.74) is 0. The minimum absolute atomic E-state index is 0.380. The summed E-state index contributed by atoms with van der Waals surface area (Å²) in [6, 6.07) is 0. The van der Waals surface area contributed by atoms with E-state index < -0.39 is 48.6 Å². The molecule has 0 aliphatic carbocycles. The van der Waals surface area contributed by atoms with E-state index in [1.165, 1.54) is 0 Å². The van der Waals surface area contributed by atoms with Crippen molar-refractivity contribution in [3.8, 4) is 0 Å². The van der Waals surface area contributed by atoms with Gasteiger partial charge in [0, 0.05) is 0 Å². The lowest BCUT2D eigenvalue weighted by atomic mass is 9.96. The highest BCUT2D eigenvalue weighted by atomic mass is 32.2. The Morgan fingerprint density at radius 3 is 1.73 bits per heavy atom. The molecule has 0 N–H and O–H groups in total. The summed E-state index contributed by atoms with van der Waals surface area (Å²) in [5, 5.41) is 12.8. The summed E-state index contributed by atoms with van der Waals surface area (Å²) >= 11 is -0.390. The fourth-order valence-electron chi connectivity index (χ4n) is 3.76. The third kappa shape index (κ3) is 9.71. The first-order valence-electron chi connectivity index (χ1n) is 11.4. The van der Waals surface area contributed by atoms with E-state index in [4.69, 9.17) is 0 Å². The Labute approximate surface area is 198 Å². The first-order valence-corrected chi connectivity index (χ1v) is 13.8. The van der Waals surface area contributed by atoms with Gasteiger partial charge in [-0.1, -0.05) is 78.1 Å². The van der Waals surface area contributed by atoms with Crippen LogP contribution in [0.1, 0.15) is 90.9 Å². The molecule has 0 aliphatic heterocycles. The van der Waals surface area contributed by atoms with Crippen LogP contribution in [-0.2, 0) is 19.2 Å². The van der Waals surface area contributed by atoms with E-state index in [0.29, 0.717) is 12.8 Å². The zero-order valence-corrected chi connectivity index (χ0v) is 20.8. The second kappa shape index (κ2) is 15.9. The van der Waals surface area contributed by atoms with Gasteiger partial charge < -0.3 is 5.26 Å². The maximum atomic E-state index is 14.5.